The Labute approximate surface area is 333 Å². The molecule has 4 aromatic carbocycles. The van der Waals surface area contributed by atoms with E-state index in [2.05, 4.69) is 10.6 Å². The molecule has 2 N–H and O–H groups in total. The molecule has 0 fully saturated rings. The molecule has 0 aliphatic rings. The number of ether oxygens (including phenoxy) is 8. The van der Waals surface area contributed by atoms with E-state index in [0.717, 1.165) is 0 Å². The summed E-state index contributed by atoms with van der Waals surface area (Å²) in [5, 5.41) is 2.29. The van der Waals surface area contributed by atoms with Crippen molar-refractivity contribution in [3.63, 3.8) is 0 Å². The predicted octanol–water partition coefficient (Wildman–Crippen LogP) is 6.10. The van der Waals surface area contributed by atoms with E-state index < -0.39 is 32.2 Å². The minimum absolute atomic E-state index is 0.108. The quantitative estimate of drug-likeness (QED) is 0.119. The molecule has 57 heavy (non-hydrogen) atoms. The average molecular weight is 805 g/mol. The second-order valence-corrected chi connectivity index (χ2v) is 14.3. The van der Waals surface area contributed by atoms with Crippen molar-refractivity contribution in [3.05, 3.63) is 106 Å². The fourth-order valence-corrected chi connectivity index (χ4v) is 8.13. The first kappa shape index (κ1) is 43.4. The van der Waals surface area contributed by atoms with Crippen LogP contribution in [0.2, 0.25) is 0 Å². The fourth-order valence-electron chi connectivity index (χ4n) is 6.17. The Morgan fingerprint density at radius 2 is 0.807 bits per heavy atom. The molecule has 0 saturated carbocycles. The van der Waals surface area contributed by atoms with Crippen molar-refractivity contribution < 1.29 is 55.9 Å². The van der Waals surface area contributed by atoms with Gasteiger partial charge in [0.2, 0.25) is 0 Å². The van der Waals surface area contributed by atoms with E-state index in [4.69, 9.17) is 37.9 Å². The number of nitrogens with one attached hydrogen (secondary N) is 2. The van der Waals surface area contributed by atoms with Gasteiger partial charge in [0, 0.05) is 38.4 Å². The molecule has 0 heterocycles. The molecule has 0 bridgehead atoms. The molecular weight excluding hydrogens is 757 g/mol. The first-order valence-corrected chi connectivity index (χ1v) is 19.0. The summed E-state index contributed by atoms with van der Waals surface area (Å²) in [7, 11) is 10.1. The standard InChI is InChI=1S/C42H48N2O12S/c1-43-41(45)31-19-25(11-15-33(31)51-5)39(17-13-29-35(53-7)21-27(49-3)22-36(29)54-8)57(47,48)40(26-12-16-34(52-6)32(20-26)42(46)44-2)18-14-30-37(55-9)23-28(50-4)24-38(30)56-10/h11-24,39-40H,1-10H3,(H,43,45)(H,44,46)/b17-13+,18-14+. The van der Waals surface area contributed by atoms with Crippen LogP contribution in [0.15, 0.2) is 72.8 Å². The van der Waals surface area contributed by atoms with Crippen molar-refractivity contribution >= 4 is 33.8 Å². The van der Waals surface area contributed by atoms with Crippen LogP contribution in [0, 0.1) is 0 Å². The molecule has 2 amide bonds. The van der Waals surface area contributed by atoms with Crippen LogP contribution in [-0.4, -0.2) is 91.2 Å². The number of rotatable bonds is 18. The summed E-state index contributed by atoms with van der Waals surface area (Å²) in [5.41, 5.74) is 1.53. The number of sulfone groups is 1. The highest BCUT2D eigenvalue weighted by Gasteiger charge is 2.35. The molecule has 0 spiro atoms. The van der Waals surface area contributed by atoms with Crippen molar-refractivity contribution in [1.29, 1.82) is 0 Å². The highest BCUT2D eigenvalue weighted by molar-refractivity contribution is 7.92. The lowest BCUT2D eigenvalue weighted by Gasteiger charge is -2.23. The van der Waals surface area contributed by atoms with Crippen LogP contribution in [0.5, 0.6) is 46.0 Å². The minimum atomic E-state index is -4.48. The number of amides is 2. The highest BCUT2D eigenvalue weighted by Crippen LogP contribution is 2.43. The molecule has 0 aliphatic carbocycles. The molecule has 15 heteroatoms. The van der Waals surface area contributed by atoms with Gasteiger partial charge in [0.1, 0.15) is 56.5 Å². The maximum Gasteiger partial charge on any atom is 0.254 e. The van der Waals surface area contributed by atoms with Gasteiger partial charge in [0.25, 0.3) is 11.8 Å². The van der Waals surface area contributed by atoms with Gasteiger partial charge in [-0.3, -0.25) is 9.59 Å². The smallest absolute Gasteiger partial charge is 0.254 e. The van der Waals surface area contributed by atoms with E-state index in [1.807, 2.05) is 0 Å². The molecule has 4 rings (SSSR count). The van der Waals surface area contributed by atoms with Crippen molar-refractivity contribution in [2.45, 2.75) is 10.5 Å². The number of carbonyl (C=O) groups is 2. The number of benzene rings is 4. The lowest BCUT2D eigenvalue weighted by molar-refractivity contribution is 0.0951. The van der Waals surface area contributed by atoms with Crippen LogP contribution in [0.3, 0.4) is 0 Å². The first-order valence-electron chi connectivity index (χ1n) is 17.4. The SMILES string of the molecule is CNC(=O)c1cc(C(/C=C/c2c(OC)cc(OC)cc2OC)S(=O)(=O)C(/C=C/c2c(OC)cc(OC)cc2OC)c2ccc(OC)c(C(=O)NC)c2)ccc1OC. The molecule has 0 aromatic heterocycles. The van der Waals surface area contributed by atoms with Crippen LogP contribution in [0.4, 0.5) is 0 Å². The maximum absolute atomic E-state index is 15.6. The summed E-state index contributed by atoms with van der Waals surface area (Å²) < 4.78 is 75.5. The molecule has 14 nitrogen and oxygen atoms in total. The summed E-state index contributed by atoms with van der Waals surface area (Å²) in [6.07, 6.45) is 6.11. The third-order valence-corrected chi connectivity index (χ3v) is 11.4. The Balaban J connectivity index is 2.11. The molecule has 304 valence electrons. The van der Waals surface area contributed by atoms with Crippen LogP contribution >= 0.6 is 0 Å². The molecular formula is C42H48N2O12S. The van der Waals surface area contributed by atoms with Gasteiger partial charge in [-0.15, -0.1) is 0 Å². The lowest BCUT2D eigenvalue weighted by Crippen LogP contribution is -2.22. The Hall–Kier alpha value is -6.35. The van der Waals surface area contributed by atoms with E-state index in [1.54, 1.807) is 48.6 Å². The predicted molar refractivity (Wildman–Crippen MR) is 217 cm³/mol. The Kier molecular flexibility index (Phi) is 14.8. The van der Waals surface area contributed by atoms with Crippen molar-refractivity contribution in [1.82, 2.24) is 10.6 Å². The van der Waals surface area contributed by atoms with Crippen molar-refractivity contribution in [2.24, 2.45) is 0 Å². The molecule has 4 aromatic rings. The van der Waals surface area contributed by atoms with Gasteiger partial charge in [-0.2, -0.15) is 0 Å². The third-order valence-electron chi connectivity index (χ3n) is 9.14. The maximum atomic E-state index is 15.6. The van der Waals surface area contributed by atoms with Crippen LogP contribution in [-0.2, 0) is 9.84 Å². The van der Waals surface area contributed by atoms with Gasteiger partial charge in [0.05, 0.1) is 79.1 Å². The zero-order valence-corrected chi connectivity index (χ0v) is 34.4. The fraction of sp³-hybridized carbons (Fsp3) is 0.286. The normalized spacial score (nSPS) is 12.4. The van der Waals surface area contributed by atoms with Crippen LogP contribution in [0.1, 0.15) is 53.5 Å². The zero-order valence-electron chi connectivity index (χ0n) is 33.5. The van der Waals surface area contributed by atoms with Gasteiger partial charge in [0.15, 0.2) is 9.84 Å². The third kappa shape index (κ3) is 9.38. The monoisotopic (exact) mass is 804 g/mol. The van der Waals surface area contributed by atoms with E-state index in [1.165, 1.54) is 107 Å². The second kappa shape index (κ2) is 19.5. The van der Waals surface area contributed by atoms with E-state index in [0.29, 0.717) is 45.6 Å². The van der Waals surface area contributed by atoms with Gasteiger partial charge in [-0.25, -0.2) is 8.42 Å². The number of hydrogen-bond donors (Lipinski definition) is 2. The van der Waals surface area contributed by atoms with Crippen LogP contribution in [0.25, 0.3) is 12.2 Å². The lowest BCUT2D eigenvalue weighted by atomic mass is 10.0. The van der Waals surface area contributed by atoms with Gasteiger partial charge < -0.3 is 48.5 Å². The van der Waals surface area contributed by atoms with E-state index >= 15 is 8.42 Å². The van der Waals surface area contributed by atoms with Crippen molar-refractivity contribution in [3.8, 4) is 46.0 Å². The number of methoxy groups -OCH3 is 8. The number of hydrogen-bond acceptors (Lipinski definition) is 12. The number of carbonyl (C=O) groups excluding carboxylic acids is 2. The zero-order chi connectivity index (χ0) is 41.9. The molecule has 0 radical (unpaired) electrons. The summed E-state index contributed by atoms with van der Waals surface area (Å²) in [5.74, 6) is 1.78. The molecule has 2 unspecified atom stereocenters. The summed E-state index contributed by atoms with van der Waals surface area (Å²) in [6, 6.07) is 15.7. The van der Waals surface area contributed by atoms with E-state index in [9.17, 15) is 9.59 Å². The van der Waals surface area contributed by atoms with Gasteiger partial charge in [-0.1, -0.05) is 24.3 Å². The Bertz CT molecular complexity index is 2050. The Morgan fingerprint density at radius 1 is 0.491 bits per heavy atom. The minimum Gasteiger partial charge on any atom is -0.496 e. The van der Waals surface area contributed by atoms with Crippen molar-refractivity contribution in [2.75, 3.05) is 71.0 Å². The molecule has 0 saturated heterocycles. The molecule has 0 aliphatic heterocycles. The first-order chi connectivity index (χ1) is 27.4. The second-order valence-electron chi connectivity index (χ2n) is 12.1. The topological polar surface area (TPSA) is 166 Å². The van der Waals surface area contributed by atoms with Gasteiger partial charge >= 0.3 is 0 Å². The Morgan fingerprint density at radius 3 is 1.07 bits per heavy atom. The van der Waals surface area contributed by atoms with Gasteiger partial charge in [-0.05, 0) is 47.5 Å². The average Bonchev–Trinajstić information content (AvgIpc) is 3.24. The summed E-state index contributed by atoms with van der Waals surface area (Å²) in [4.78, 5) is 26.2. The van der Waals surface area contributed by atoms with E-state index in [-0.39, 0.29) is 33.8 Å². The summed E-state index contributed by atoms with van der Waals surface area (Å²) >= 11 is 0. The summed E-state index contributed by atoms with van der Waals surface area (Å²) in [6.45, 7) is 0. The van der Waals surface area contributed by atoms with Crippen LogP contribution < -0.4 is 48.5 Å². The highest BCUT2D eigenvalue weighted by atomic mass is 32.2. The molecule has 2 atom stereocenters. The largest absolute Gasteiger partial charge is 0.496 e.